The van der Waals surface area contributed by atoms with Crippen molar-refractivity contribution in [3.8, 4) is 39.5 Å². The van der Waals surface area contributed by atoms with Crippen LogP contribution in [0.5, 0.6) is 17.2 Å². The van der Waals surface area contributed by atoms with Crippen molar-refractivity contribution in [1.82, 2.24) is 0 Å². The van der Waals surface area contributed by atoms with Gasteiger partial charge in [-0.15, -0.1) is 0 Å². The number of rotatable bonds is 9. The molecule has 0 amide bonds. The summed E-state index contributed by atoms with van der Waals surface area (Å²) < 4.78 is 18.2. The summed E-state index contributed by atoms with van der Waals surface area (Å²) in [6.07, 6.45) is 14.4. The molecule has 2 aliphatic carbocycles. The van der Waals surface area contributed by atoms with E-state index in [2.05, 4.69) is 106 Å². The lowest BCUT2D eigenvalue weighted by atomic mass is 9.80. The third-order valence-electron chi connectivity index (χ3n) is 11.3. The van der Waals surface area contributed by atoms with Crippen molar-refractivity contribution in [2.45, 2.75) is 82.4 Å². The van der Waals surface area contributed by atoms with Gasteiger partial charge in [0.2, 0.25) is 0 Å². The zero-order valence-electron chi connectivity index (χ0n) is 36.0. The number of hydrogen-bond acceptors (Lipinski definition) is 5. The van der Waals surface area contributed by atoms with Gasteiger partial charge in [0.1, 0.15) is 17.2 Å². The summed E-state index contributed by atoms with van der Waals surface area (Å²) in [5.74, 6) is 2.39. The van der Waals surface area contributed by atoms with Gasteiger partial charge in [-0.25, -0.2) is 0 Å². The molecule has 2 aliphatic rings. The maximum atomic E-state index is 8.81. The Kier molecular flexibility index (Phi) is 20.4. The van der Waals surface area contributed by atoms with Crippen molar-refractivity contribution in [1.29, 1.82) is 0 Å². The Morgan fingerprint density at radius 2 is 0.852 bits per heavy atom. The highest BCUT2D eigenvalue weighted by molar-refractivity contribution is 9.10. The maximum Gasteiger partial charge on any atom is 0.492 e. The molecule has 8 rings (SSSR count). The number of methoxy groups -OCH3 is 3. The van der Waals surface area contributed by atoms with E-state index in [-0.39, 0.29) is 7.92 Å². The van der Waals surface area contributed by atoms with Crippen LogP contribution in [0.15, 0.2) is 155 Å². The lowest BCUT2D eigenvalue weighted by Crippen LogP contribution is -2.30. The van der Waals surface area contributed by atoms with Crippen molar-refractivity contribution in [3.63, 3.8) is 0 Å². The van der Waals surface area contributed by atoms with E-state index in [0.717, 1.165) is 38.4 Å². The molecule has 0 heterocycles. The van der Waals surface area contributed by atoms with Crippen LogP contribution in [-0.2, 0) is 0 Å². The molecule has 0 unspecified atom stereocenters. The first-order chi connectivity index (χ1) is 29.8. The predicted octanol–water partition coefficient (Wildman–Crippen LogP) is 13.4. The van der Waals surface area contributed by atoms with Gasteiger partial charge in [-0.2, -0.15) is 0 Å². The number of ether oxygens (including phenoxy) is 3. The topological polar surface area (TPSA) is 68.2 Å². The Hall–Kier alpha value is -3.91. The quantitative estimate of drug-likeness (QED) is 0.112. The van der Waals surface area contributed by atoms with Crippen LogP contribution in [0.4, 0.5) is 0 Å². The molecule has 2 N–H and O–H groups in total. The number of hydrogen-bond donors (Lipinski definition) is 2. The normalized spacial score (nSPS) is 13.9. The average Bonchev–Trinajstić information content (AvgIpc) is 3.32. The zero-order chi connectivity index (χ0) is 43.4. The summed E-state index contributed by atoms with van der Waals surface area (Å²) in [6.45, 7) is 2.07. The zero-order valence-corrected chi connectivity index (χ0v) is 40.0. The number of halogens is 2. The van der Waals surface area contributed by atoms with Gasteiger partial charge in [0.15, 0.2) is 0 Å². The Bertz CT molecular complexity index is 2170. The van der Waals surface area contributed by atoms with Gasteiger partial charge in [0, 0.05) is 25.5 Å². The van der Waals surface area contributed by atoms with Crippen LogP contribution in [0.25, 0.3) is 22.3 Å². The molecule has 0 saturated heterocycles. The van der Waals surface area contributed by atoms with Crippen LogP contribution in [0.2, 0.25) is 0 Å². The molecule has 0 spiro atoms. The number of para-hydroxylation sites is 3. The van der Waals surface area contributed by atoms with Gasteiger partial charge in [-0.05, 0) is 96.3 Å². The van der Waals surface area contributed by atoms with Crippen LogP contribution in [0.1, 0.15) is 69.8 Å². The second-order valence-corrected chi connectivity index (χ2v) is 19.7. The van der Waals surface area contributed by atoms with Crippen molar-refractivity contribution < 1.29 is 24.3 Å². The second-order valence-electron chi connectivity index (χ2n) is 15.3. The van der Waals surface area contributed by atoms with E-state index in [1.807, 2.05) is 54.6 Å². The number of aryl methyl sites for hydroxylation is 1. The first-order valence-corrected chi connectivity index (χ1v) is 24.4. The minimum Gasteiger partial charge on any atom is -0.497 e. The third-order valence-corrected chi connectivity index (χ3v) is 16.4. The number of benzene rings is 6. The van der Waals surface area contributed by atoms with Gasteiger partial charge in [-0.1, -0.05) is 194 Å². The lowest BCUT2D eigenvalue weighted by Gasteiger charge is -2.39. The smallest absolute Gasteiger partial charge is 0.492 e. The monoisotopic (exact) mass is 964 g/mol. The van der Waals surface area contributed by atoms with E-state index >= 15 is 0 Å². The van der Waals surface area contributed by atoms with Gasteiger partial charge in [0.25, 0.3) is 0 Å². The fourth-order valence-electron chi connectivity index (χ4n) is 8.18. The van der Waals surface area contributed by atoms with E-state index in [1.54, 1.807) is 43.8 Å². The minimum atomic E-state index is -1.47. The van der Waals surface area contributed by atoms with Crippen molar-refractivity contribution in [3.05, 3.63) is 160 Å². The fourth-order valence-corrected chi connectivity index (χ4v) is 12.9. The molecule has 0 bridgehead atoms. The summed E-state index contributed by atoms with van der Waals surface area (Å²) in [5, 5.41) is 19.3. The highest BCUT2D eigenvalue weighted by Crippen LogP contribution is 2.56. The molecule has 5 nitrogen and oxygen atoms in total. The molecule has 0 atom stereocenters. The third kappa shape index (κ3) is 14.0. The molecule has 320 valence electrons. The Labute approximate surface area is 383 Å². The molecule has 6 aromatic carbocycles. The van der Waals surface area contributed by atoms with Crippen molar-refractivity contribution >= 4 is 57.7 Å². The SMILES string of the molecule is COc1ccccc1-c1ccccc1Br.COc1ccccc1-c1ccccc1P(C1CCCCC1)C1CCCCC1.COc1ccccc1B(O)O.Cc1ccccc1Br. The van der Waals surface area contributed by atoms with E-state index < -0.39 is 7.12 Å². The molecule has 2 fully saturated rings. The first kappa shape index (κ1) is 48.1. The Morgan fingerprint density at radius 3 is 1.30 bits per heavy atom. The molecule has 0 radical (unpaired) electrons. The Balaban J connectivity index is 0.000000173. The predicted molar refractivity (Wildman–Crippen MR) is 267 cm³/mol. The maximum absolute atomic E-state index is 8.81. The molecule has 0 aliphatic heterocycles. The van der Waals surface area contributed by atoms with Crippen LogP contribution in [-0.4, -0.2) is 49.8 Å². The van der Waals surface area contributed by atoms with E-state index in [1.165, 1.54) is 92.5 Å². The fraction of sp³-hybridized carbons (Fsp3) is 0.308. The molecule has 61 heavy (non-hydrogen) atoms. The lowest BCUT2D eigenvalue weighted by molar-refractivity contribution is 0.403. The van der Waals surface area contributed by atoms with Gasteiger partial charge >= 0.3 is 7.12 Å². The molecular weight excluding hydrogens is 906 g/mol. The molecule has 0 aromatic heterocycles. The first-order valence-electron chi connectivity index (χ1n) is 21.4. The highest BCUT2D eigenvalue weighted by atomic mass is 79.9. The van der Waals surface area contributed by atoms with Gasteiger partial charge in [-0.3, -0.25) is 0 Å². The summed E-state index contributed by atoms with van der Waals surface area (Å²) >= 11 is 6.94. The van der Waals surface area contributed by atoms with Crippen LogP contribution in [0.3, 0.4) is 0 Å². The van der Waals surface area contributed by atoms with Crippen LogP contribution >= 0.6 is 39.8 Å². The van der Waals surface area contributed by atoms with Gasteiger partial charge in [0.05, 0.1) is 21.3 Å². The van der Waals surface area contributed by atoms with E-state index in [9.17, 15) is 0 Å². The molecule has 6 aromatic rings. The minimum absolute atomic E-state index is 0.109. The Morgan fingerprint density at radius 1 is 0.459 bits per heavy atom. The summed E-state index contributed by atoms with van der Waals surface area (Å²) in [6, 6.07) is 48.9. The summed E-state index contributed by atoms with van der Waals surface area (Å²) in [4.78, 5) is 0. The van der Waals surface area contributed by atoms with Crippen LogP contribution < -0.4 is 25.0 Å². The van der Waals surface area contributed by atoms with Crippen molar-refractivity contribution in [2.75, 3.05) is 21.3 Å². The van der Waals surface area contributed by atoms with E-state index in [0.29, 0.717) is 11.2 Å². The standard InChI is InChI=1S/C25H33OP.C13H11BrO.C7H9BO3.C7H7Br/c1-26-24-18-10-8-16-22(24)23-17-9-11-19-25(23)27(20-12-4-2-5-13-20)21-14-6-3-7-15-21;1-15-13-9-5-3-7-11(13)10-6-2-4-8-12(10)14;1-11-7-5-3-2-4-6(7)8(9)10;1-6-4-2-3-5-7(6)8/h8-11,16-21H,2-7,12-15H2,1H3;2-9H,1H3;2-5,9-10H,1H3;2-5H,1H3. The summed E-state index contributed by atoms with van der Waals surface area (Å²) in [5.41, 5.74) is 8.47. The van der Waals surface area contributed by atoms with Crippen LogP contribution in [0, 0.1) is 6.92 Å². The largest absolute Gasteiger partial charge is 0.497 e. The highest BCUT2D eigenvalue weighted by Gasteiger charge is 2.33. The second kappa shape index (κ2) is 25.9. The average molecular weight is 967 g/mol. The molecule has 9 heteroatoms. The summed E-state index contributed by atoms with van der Waals surface area (Å²) in [7, 11) is 3.40. The van der Waals surface area contributed by atoms with Gasteiger partial charge < -0.3 is 24.3 Å². The molecule has 2 saturated carbocycles. The molecular formula is C52H60BBr2O5P. The van der Waals surface area contributed by atoms with Crippen molar-refractivity contribution in [2.24, 2.45) is 0 Å². The van der Waals surface area contributed by atoms with E-state index in [4.69, 9.17) is 24.3 Å².